The highest BCUT2D eigenvalue weighted by molar-refractivity contribution is 9.10. The number of carbonyl (C=O) groups excluding carboxylic acids is 2. The van der Waals surface area contributed by atoms with Crippen molar-refractivity contribution < 1.29 is 19.1 Å². The number of nitrogens with zero attached hydrogens (tertiary/aromatic N) is 2. The van der Waals surface area contributed by atoms with Gasteiger partial charge in [0.25, 0.3) is 0 Å². The summed E-state index contributed by atoms with van der Waals surface area (Å²) in [6.45, 7) is 6.32. The SMILES string of the molecule is COC(=O)[C@@H]1CN(c2c(Cl)cnc3ccc(Br)cc23)CC[C@H]1NC(=O)OC(C)(C)C. The lowest BCUT2D eigenvalue weighted by Crippen LogP contribution is -2.54. The molecule has 0 aliphatic carbocycles. The number of ether oxygens (including phenoxy) is 2. The molecule has 0 bridgehead atoms. The van der Waals surface area contributed by atoms with E-state index >= 15 is 0 Å². The van der Waals surface area contributed by atoms with E-state index in [4.69, 9.17) is 21.1 Å². The maximum Gasteiger partial charge on any atom is 0.407 e. The molecule has 0 spiro atoms. The molecule has 1 aliphatic rings. The summed E-state index contributed by atoms with van der Waals surface area (Å²) in [5.74, 6) is -0.959. The van der Waals surface area contributed by atoms with Crippen LogP contribution in [0.3, 0.4) is 0 Å². The number of benzene rings is 1. The van der Waals surface area contributed by atoms with Gasteiger partial charge in [-0.2, -0.15) is 0 Å². The van der Waals surface area contributed by atoms with E-state index in [1.807, 2.05) is 23.1 Å². The second-order valence-electron chi connectivity index (χ2n) is 8.23. The highest BCUT2D eigenvalue weighted by atomic mass is 79.9. The van der Waals surface area contributed by atoms with Gasteiger partial charge in [0.2, 0.25) is 0 Å². The van der Waals surface area contributed by atoms with Crippen LogP contribution in [-0.4, -0.2) is 48.9 Å². The van der Waals surface area contributed by atoms with Crippen LogP contribution < -0.4 is 10.2 Å². The molecule has 1 N–H and O–H groups in total. The highest BCUT2D eigenvalue weighted by Gasteiger charge is 2.38. The maximum absolute atomic E-state index is 12.5. The number of piperidine rings is 1. The van der Waals surface area contributed by atoms with Gasteiger partial charge >= 0.3 is 12.1 Å². The number of hydrogen-bond acceptors (Lipinski definition) is 6. The first-order chi connectivity index (χ1) is 14.1. The Morgan fingerprint density at radius 1 is 1.33 bits per heavy atom. The van der Waals surface area contributed by atoms with Gasteiger partial charge in [-0.3, -0.25) is 9.78 Å². The van der Waals surface area contributed by atoms with Gasteiger partial charge in [-0.25, -0.2) is 4.79 Å². The number of hydrogen-bond donors (Lipinski definition) is 1. The number of aromatic nitrogens is 1. The topological polar surface area (TPSA) is 80.8 Å². The molecule has 0 unspecified atom stereocenters. The number of carbonyl (C=O) groups is 2. The fourth-order valence-electron chi connectivity index (χ4n) is 3.62. The fourth-order valence-corrected chi connectivity index (χ4v) is 4.26. The van der Waals surface area contributed by atoms with Crippen LogP contribution in [-0.2, 0) is 14.3 Å². The zero-order chi connectivity index (χ0) is 22.1. The molecule has 1 aromatic heterocycles. The third kappa shape index (κ3) is 5.16. The molecule has 162 valence electrons. The molecule has 1 fully saturated rings. The maximum atomic E-state index is 12.5. The number of halogens is 2. The lowest BCUT2D eigenvalue weighted by atomic mass is 9.91. The number of amides is 1. The predicted octanol–water partition coefficient (Wildman–Crippen LogP) is 4.54. The summed E-state index contributed by atoms with van der Waals surface area (Å²) in [7, 11) is 1.34. The molecule has 9 heteroatoms. The van der Waals surface area contributed by atoms with Crippen LogP contribution in [0.5, 0.6) is 0 Å². The second-order valence-corrected chi connectivity index (χ2v) is 9.56. The third-order valence-corrected chi connectivity index (χ3v) is 5.66. The van der Waals surface area contributed by atoms with Gasteiger partial charge in [-0.1, -0.05) is 27.5 Å². The summed E-state index contributed by atoms with van der Waals surface area (Å²) >= 11 is 10.0. The van der Waals surface area contributed by atoms with E-state index in [9.17, 15) is 9.59 Å². The van der Waals surface area contributed by atoms with Crippen molar-refractivity contribution in [1.82, 2.24) is 10.3 Å². The fraction of sp³-hybridized carbons (Fsp3) is 0.476. The van der Waals surface area contributed by atoms with Crippen LogP contribution >= 0.6 is 27.5 Å². The summed E-state index contributed by atoms with van der Waals surface area (Å²) in [4.78, 5) is 31.2. The van der Waals surface area contributed by atoms with Gasteiger partial charge in [0.15, 0.2) is 0 Å². The molecule has 7 nitrogen and oxygen atoms in total. The molecule has 0 saturated carbocycles. The van der Waals surface area contributed by atoms with Crippen molar-refractivity contribution >= 4 is 56.2 Å². The van der Waals surface area contributed by atoms with Crippen molar-refractivity contribution in [3.8, 4) is 0 Å². The molecular formula is C21H25BrClN3O4. The third-order valence-electron chi connectivity index (χ3n) is 4.89. The van der Waals surface area contributed by atoms with Crippen LogP contribution in [0, 0.1) is 5.92 Å². The van der Waals surface area contributed by atoms with Crippen molar-refractivity contribution in [1.29, 1.82) is 0 Å². The molecule has 1 aliphatic heterocycles. The first kappa shape index (κ1) is 22.6. The molecular weight excluding hydrogens is 474 g/mol. The number of pyridine rings is 1. The lowest BCUT2D eigenvalue weighted by molar-refractivity contribution is -0.146. The number of rotatable bonds is 3. The van der Waals surface area contributed by atoms with Crippen molar-refractivity contribution in [2.24, 2.45) is 5.92 Å². The predicted molar refractivity (Wildman–Crippen MR) is 120 cm³/mol. The van der Waals surface area contributed by atoms with Crippen LogP contribution in [0.2, 0.25) is 5.02 Å². The summed E-state index contributed by atoms with van der Waals surface area (Å²) in [6.07, 6.45) is 1.60. The number of esters is 1. The molecule has 1 saturated heterocycles. The zero-order valence-electron chi connectivity index (χ0n) is 17.4. The van der Waals surface area contributed by atoms with Gasteiger partial charge in [0.1, 0.15) is 5.60 Å². The molecule has 0 radical (unpaired) electrons. The quantitative estimate of drug-likeness (QED) is 0.626. The summed E-state index contributed by atoms with van der Waals surface area (Å²) < 4.78 is 11.3. The van der Waals surface area contributed by atoms with Crippen molar-refractivity contribution in [2.75, 3.05) is 25.1 Å². The molecule has 3 rings (SSSR count). The highest BCUT2D eigenvalue weighted by Crippen LogP contribution is 2.37. The average molecular weight is 499 g/mol. The Kier molecular flexibility index (Phi) is 6.77. The minimum atomic E-state index is -0.623. The van der Waals surface area contributed by atoms with Crippen molar-refractivity contribution in [2.45, 2.75) is 38.8 Å². The van der Waals surface area contributed by atoms with E-state index in [-0.39, 0.29) is 0 Å². The van der Waals surface area contributed by atoms with Crippen molar-refractivity contribution in [3.05, 3.63) is 33.9 Å². The second kappa shape index (κ2) is 8.98. The van der Waals surface area contributed by atoms with E-state index < -0.39 is 29.6 Å². The van der Waals surface area contributed by atoms with Crippen LogP contribution in [0.4, 0.5) is 10.5 Å². The molecule has 30 heavy (non-hydrogen) atoms. The van der Waals surface area contributed by atoms with E-state index in [0.717, 1.165) is 21.1 Å². The van der Waals surface area contributed by atoms with Crippen LogP contribution in [0.15, 0.2) is 28.9 Å². The zero-order valence-corrected chi connectivity index (χ0v) is 19.7. The smallest absolute Gasteiger partial charge is 0.407 e. The molecule has 1 amide bonds. The Bertz CT molecular complexity index is 958. The number of methoxy groups -OCH3 is 1. The largest absolute Gasteiger partial charge is 0.469 e. The molecule has 2 atom stereocenters. The summed E-state index contributed by atoms with van der Waals surface area (Å²) in [5, 5.41) is 4.22. The Morgan fingerprint density at radius 2 is 2.07 bits per heavy atom. The van der Waals surface area contributed by atoms with Gasteiger partial charge in [0.05, 0.1) is 29.3 Å². The molecule has 2 aromatic rings. The first-order valence-electron chi connectivity index (χ1n) is 9.65. The number of alkyl carbamates (subject to hydrolysis) is 1. The Balaban J connectivity index is 1.88. The minimum Gasteiger partial charge on any atom is -0.469 e. The summed E-state index contributed by atoms with van der Waals surface area (Å²) in [5.41, 5.74) is 0.997. The average Bonchev–Trinajstić information content (AvgIpc) is 2.66. The molecule has 2 heterocycles. The first-order valence-corrected chi connectivity index (χ1v) is 10.8. The molecule has 1 aromatic carbocycles. The van der Waals surface area contributed by atoms with Gasteiger partial charge in [-0.15, -0.1) is 0 Å². The number of nitrogens with one attached hydrogen (secondary N) is 1. The Morgan fingerprint density at radius 3 is 2.73 bits per heavy atom. The number of anilines is 1. The lowest BCUT2D eigenvalue weighted by Gasteiger charge is -2.39. The van der Waals surface area contributed by atoms with Crippen molar-refractivity contribution in [3.63, 3.8) is 0 Å². The van der Waals surface area contributed by atoms with E-state index in [0.29, 0.717) is 24.5 Å². The Labute approximate surface area is 189 Å². The monoisotopic (exact) mass is 497 g/mol. The van der Waals surface area contributed by atoms with Gasteiger partial charge < -0.3 is 19.7 Å². The standard InChI is InChI=1S/C21H25BrClN3O4/c1-21(2,3)30-20(28)25-17-7-8-26(11-14(17)19(27)29-4)18-13-9-12(22)5-6-16(13)24-10-15(18)23/h5-6,9-10,14,17H,7-8,11H2,1-4H3,(H,25,28)/t14-,17-/m1/s1. The normalized spacial score (nSPS) is 19.5. The van der Waals surface area contributed by atoms with Gasteiger partial charge in [-0.05, 0) is 45.4 Å². The van der Waals surface area contributed by atoms with E-state index in [1.165, 1.54) is 7.11 Å². The number of fused-ring (bicyclic) bond motifs is 1. The Hall–Kier alpha value is -2.06. The van der Waals surface area contributed by atoms with E-state index in [2.05, 4.69) is 26.2 Å². The summed E-state index contributed by atoms with van der Waals surface area (Å²) in [6, 6.07) is 5.39. The minimum absolute atomic E-state index is 0.346. The van der Waals surface area contributed by atoms with E-state index in [1.54, 1.807) is 27.0 Å². The van der Waals surface area contributed by atoms with Crippen LogP contribution in [0.25, 0.3) is 10.9 Å². The van der Waals surface area contributed by atoms with Crippen LogP contribution in [0.1, 0.15) is 27.2 Å². The van der Waals surface area contributed by atoms with Gasteiger partial charge in [0, 0.05) is 35.2 Å².